The van der Waals surface area contributed by atoms with Crippen molar-refractivity contribution in [2.45, 2.75) is 46.2 Å². The molecular weight excluding hydrogens is 176 g/mol. The van der Waals surface area contributed by atoms with E-state index >= 15 is 0 Å². The number of ether oxygens (including phenoxy) is 1. The molecule has 0 radical (unpaired) electrons. The maximum absolute atomic E-state index is 7.75. The molecule has 0 bridgehead atoms. The number of hydrogen-bond donors (Lipinski definition) is 1. The molecule has 14 heavy (non-hydrogen) atoms. The van der Waals surface area contributed by atoms with Crippen molar-refractivity contribution in [1.29, 1.82) is 5.41 Å². The summed E-state index contributed by atoms with van der Waals surface area (Å²) >= 11 is 0. The van der Waals surface area contributed by atoms with Crippen molar-refractivity contribution in [3.63, 3.8) is 0 Å². The van der Waals surface area contributed by atoms with Gasteiger partial charge in [0.2, 0.25) is 0 Å². The third kappa shape index (κ3) is 4.30. The second-order valence-corrected chi connectivity index (χ2v) is 3.83. The Morgan fingerprint density at radius 1 is 1.36 bits per heavy atom. The molecule has 0 atom stereocenters. The first-order valence-electron chi connectivity index (χ1n) is 5.11. The van der Waals surface area contributed by atoms with Crippen molar-refractivity contribution < 1.29 is 4.74 Å². The van der Waals surface area contributed by atoms with Gasteiger partial charge in [-0.1, -0.05) is 6.08 Å². The van der Waals surface area contributed by atoms with Gasteiger partial charge in [-0.15, -0.1) is 6.58 Å². The van der Waals surface area contributed by atoms with E-state index in [1.165, 1.54) is 0 Å². The first-order chi connectivity index (χ1) is 6.50. The lowest BCUT2D eigenvalue weighted by molar-refractivity contribution is 0.184. The number of nitrogens with zero attached hydrogens (tertiary/aromatic N) is 1. The fraction of sp³-hybridized carbons (Fsp3) is 0.727. The van der Waals surface area contributed by atoms with E-state index in [1.54, 1.807) is 6.08 Å². The van der Waals surface area contributed by atoms with Crippen LogP contribution >= 0.6 is 0 Å². The number of amidine groups is 1. The SMILES string of the molecule is C=CCCOC(=N)N(C(C)C)C(C)C. The minimum Gasteiger partial charge on any atom is -0.465 e. The van der Waals surface area contributed by atoms with Gasteiger partial charge in [0.25, 0.3) is 6.02 Å². The van der Waals surface area contributed by atoms with Gasteiger partial charge in [0.1, 0.15) is 0 Å². The first kappa shape index (κ1) is 13.0. The molecule has 0 saturated heterocycles. The average Bonchev–Trinajstić information content (AvgIpc) is 2.03. The quantitative estimate of drug-likeness (QED) is 0.319. The predicted molar refractivity (Wildman–Crippen MR) is 60.6 cm³/mol. The van der Waals surface area contributed by atoms with Gasteiger partial charge in [-0.25, -0.2) is 0 Å². The van der Waals surface area contributed by atoms with Gasteiger partial charge in [0.15, 0.2) is 0 Å². The van der Waals surface area contributed by atoms with Crippen molar-refractivity contribution >= 4 is 6.02 Å². The van der Waals surface area contributed by atoms with E-state index in [1.807, 2.05) is 4.90 Å². The summed E-state index contributed by atoms with van der Waals surface area (Å²) in [5.41, 5.74) is 0. The lowest BCUT2D eigenvalue weighted by Gasteiger charge is -2.31. The van der Waals surface area contributed by atoms with Crippen molar-refractivity contribution in [2.75, 3.05) is 6.61 Å². The summed E-state index contributed by atoms with van der Waals surface area (Å²) < 4.78 is 5.31. The Balaban J connectivity index is 4.09. The zero-order valence-corrected chi connectivity index (χ0v) is 9.71. The smallest absolute Gasteiger partial charge is 0.284 e. The molecule has 0 saturated carbocycles. The summed E-state index contributed by atoms with van der Waals surface area (Å²) in [5, 5.41) is 7.75. The molecule has 0 unspecified atom stereocenters. The van der Waals surface area contributed by atoms with E-state index in [9.17, 15) is 0 Å². The molecule has 0 aromatic rings. The Morgan fingerprint density at radius 3 is 2.21 bits per heavy atom. The Bertz CT molecular complexity index is 180. The number of rotatable bonds is 5. The number of nitrogens with one attached hydrogen (secondary N) is 1. The third-order valence-electron chi connectivity index (χ3n) is 1.91. The maximum atomic E-state index is 7.75. The molecule has 3 nitrogen and oxygen atoms in total. The Morgan fingerprint density at radius 2 is 1.86 bits per heavy atom. The molecule has 0 aromatic heterocycles. The fourth-order valence-corrected chi connectivity index (χ4v) is 1.38. The molecule has 0 aliphatic heterocycles. The van der Waals surface area contributed by atoms with Crippen LogP contribution < -0.4 is 0 Å². The van der Waals surface area contributed by atoms with Crippen LogP contribution in [0.4, 0.5) is 0 Å². The van der Waals surface area contributed by atoms with Crippen molar-refractivity contribution in [3.8, 4) is 0 Å². The minimum absolute atomic E-state index is 0.261. The molecule has 0 fully saturated rings. The normalized spacial score (nSPS) is 10.4. The molecule has 0 heterocycles. The van der Waals surface area contributed by atoms with Crippen LogP contribution in [0.1, 0.15) is 34.1 Å². The highest BCUT2D eigenvalue weighted by atomic mass is 16.5. The van der Waals surface area contributed by atoms with Crippen LogP contribution in [0.25, 0.3) is 0 Å². The molecule has 1 N–H and O–H groups in total. The highest BCUT2D eigenvalue weighted by Gasteiger charge is 2.17. The van der Waals surface area contributed by atoms with Crippen LogP contribution in [-0.4, -0.2) is 29.6 Å². The van der Waals surface area contributed by atoms with E-state index in [4.69, 9.17) is 10.1 Å². The summed E-state index contributed by atoms with van der Waals surface area (Å²) in [4.78, 5) is 1.95. The Hall–Kier alpha value is -0.990. The van der Waals surface area contributed by atoms with E-state index in [-0.39, 0.29) is 6.02 Å². The monoisotopic (exact) mass is 198 g/mol. The van der Waals surface area contributed by atoms with Crippen LogP contribution in [0, 0.1) is 5.41 Å². The summed E-state index contributed by atoms with van der Waals surface area (Å²) in [6.45, 7) is 12.4. The lowest BCUT2D eigenvalue weighted by Crippen LogP contribution is -2.42. The van der Waals surface area contributed by atoms with Crippen LogP contribution in [0.15, 0.2) is 12.7 Å². The lowest BCUT2D eigenvalue weighted by atomic mass is 10.2. The first-order valence-corrected chi connectivity index (χ1v) is 5.11. The van der Waals surface area contributed by atoms with E-state index in [0.29, 0.717) is 18.7 Å². The van der Waals surface area contributed by atoms with Gasteiger partial charge in [-0.05, 0) is 34.1 Å². The average molecular weight is 198 g/mol. The highest BCUT2D eigenvalue weighted by Crippen LogP contribution is 2.06. The molecule has 0 rings (SSSR count). The summed E-state index contributed by atoms with van der Waals surface area (Å²) in [5.74, 6) is 0. The standard InChI is InChI=1S/C11H22N2O/c1-6-7-8-14-11(12)13(9(2)3)10(4)5/h6,9-10,12H,1,7-8H2,2-5H3. The zero-order valence-electron chi connectivity index (χ0n) is 9.71. The van der Waals surface area contributed by atoms with E-state index in [2.05, 4.69) is 34.3 Å². The van der Waals surface area contributed by atoms with Gasteiger partial charge >= 0.3 is 0 Å². The Labute approximate surface area is 87.3 Å². The molecular formula is C11H22N2O. The van der Waals surface area contributed by atoms with Crippen LogP contribution in [0.5, 0.6) is 0 Å². The summed E-state index contributed by atoms with van der Waals surface area (Å²) in [7, 11) is 0. The molecule has 82 valence electrons. The largest absolute Gasteiger partial charge is 0.465 e. The van der Waals surface area contributed by atoms with Crippen LogP contribution in [-0.2, 0) is 4.74 Å². The number of hydrogen-bond acceptors (Lipinski definition) is 2. The minimum atomic E-state index is 0.261. The zero-order chi connectivity index (χ0) is 11.1. The molecule has 0 aromatic carbocycles. The highest BCUT2D eigenvalue weighted by molar-refractivity contribution is 5.70. The Kier molecular flexibility index (Phi) is 6.00. The fourth-order valence-electron chi connectivity index (χ4n) is 1.38. The molecule has 0 aliphatic rings. The summed E-state index contributed by atoms with van der Waals surface area (Å²) in [6, 6.07) is 0.856. The van der Waals surface area contributed by atoms with Crippen molar-refractivity contribution in [2.24, 2.45) is 0 Å². The molecule has 3 heteroatoms. The van der Waals surface area contributed by atoms with Crippen LogP contribution in [0.3, 0.4) is 0 Å². The van der Waals surface area contributed by atoms with Gasteiger partial charge in [0.05, 0.1) is 6.61 Å². The molecule has 0 aliphatic carbocycles. The second-order valence-electron chi connectivity index (χ2n) is 3.83. The summed E-state index contributed by atoms with van der Waals surface area (Å²) in [6.07, 6.45) is 2.58. The van der Waals surface area contributed by atoms with Gasteiger partial charge in [-0.3, -0.25) is 5.41 Å². The van der Waals surface area contributed by atoms with Gasteiger partial charge in [-0.2, -0.15) is 0 Å². The van der Waals surface area contributed by atoms with E-state index < -0.39 is 0 Å². The van der Waals surface area contributed by atoms with Crippen LogP contribution in [0.2, 0.25) is 0 Å². The van der Waals surface area contributed by atoms with Gasteiger partial charge in [0, 0.05) is 12.1 Å². The maximum Gasteiger partial charge on any atom is 0.284 e. The molecule has 0 spiro atoms. The van der Waals surface area contributed by atoms with E-state index in [0.717, 1.165) is 6.42 Å². The topological polar surface area (TPSA) is 36.3 Å². The second kappa shape index (κ2) is 6.46. The van der Waals surface area contributed by atoms with Crippen molar-refractivity contribution in [3.05, 3.63) is 12.7 Å². The van der Waals surface area contributed by atoms with Crippen molar-refractivity contribution in [1.82, 2.24) is 4.90 Å². The molecule has 0 amide bonds. The third-order valence-corrected chi connectivity index (χ3v) is 1.91. The van der Waals surface area contributed by atoms with Gasteiger partial charge < -0.3 is 9.64 Å². The predicted octanol–water partition coefficient (Wildman–Crippen LogP) is 2.63.